The van der Waals surface area contributed by atoms with Crippen molar-refractivity contribution in [3.8, 4) is 0 Å². The van der Waals surface area contributed by atoms with Gasteiger partial charge in [-0.05, 0) is 43.1 Å². The van der Waals surface area contributed by atoms with Gasteiger partial charge in [0.2, 0.25) is 0 Å². The molecule has 0 bridgehead atoms. The highest BCUT2D eigenvalue weighted by Crippen LogP contribution is 2.30. The molecule has 0 saturated heterocycles. The Morgan fingerprint density at radius 2 is 2.00 bits per heavy atom. The zero-order valence-corrected chi connectivity index (χ0v) is 10.7. The maximum atomic E-state index is 5.62. The second kappa shape index (κ2) is 5.84. The van der Waals surface area contributed by atoms with Crippen LogP contribution in [0.5, 0.6) is 0 Å². The summed E-state index contributed by atoms with van der Waals surface area (Å²) in [4.78, 5) is 5.70. The van der Waals surface area contributed by atoms with Crippen LogP contribution in [0.3, 0.4) is 0 Å². The topological polar surface area (TPSA) is 38.9 Å². The van der Waals surface area contributed by atoms with Crippen LogP contribution in [0, 0.1) is 6.92 Å². The SMILES string of the molecule is Cc1ccccc1Sc1ncccc1CCN. The molecule has 0 fully saturated rings. The van der Waals surface area contributed by atoms with Gasteiger partial charge in [0, 0.05) is 11.1 Å². The number of hydrogen-bond donors (Lipinski definition) is 1. The van der Waals surface area contributed by atoms with Crippen LogP contribution in [-0.2, 0) is 6.42 Å². The second-order valence-corrected chi connectivity index (χ2v) is 4.90. The molecule has 17 heavy (non-hydrogen) atoms. The van der Waals surface area contributed by atoms with Gasteiger partial charge in [0.05, 0.1) is 0 Å². The van der Waals surface area contributed by atoms with Gasteiger partial charge in [-0.3, -0.25) is 0 Å². The maximum absolute atomic E-state index is 5.62. The lowest BCUT2D eigenvalue weighted by Crippen LogP contribution is -2.04. The maximum Gasteiger partial charge on any atom is 0.104 e. The minimum Gasteiger partial charge on any atom is -0.330 e. The highest BCUT2D eigenvalue weighted by atomic mass is 32.2. The third-order valence-electron chi connectivity index (χ3n) is 2.56. The van der Waals surface area contributed by atoms with Crippen molar-refractivity contribution < 1.29 is 0 Å². The average molecular weight is 244 g/mol. The first-order valence-corrected chi connectivity index (χ1v) is 6.50. The first-order valence-electron chi connectivity index (χ1n) is 5.68. The van der Waals surface area contributed by atoms with E-state index in [1.54, 1.807) is 11.8 Å². The van der Waals surface area contributed by atoms with Crippen LogP contribution >= 0.6 is 11.8 Å². The number of aryl methyl sites for hydroxylation is 1. The molecule has 1 aromatic heterocycles. The Kier molecular flexibility index (Phi) is 4.18. The molecule has 0 radical (unpaired) electrons. The number of benzene rings is 1. The van der Waals surface area contributed by atoms with Crippen molar-refractivity contribution in [1.29, 1.82) is 0 Å². The zero-order chi connectivity index (χ0) is 12.1. The summed E-state index contributed by atoms with van der Waals surface area (Å²) >= 11 is 1.71. The highest BCUT2D eigenvalue weighted by Gasteiger charge is 2.06. The van der Waals surface area contributed by atoms with Crippen molar-refractivity contribution >= 4 is 11.8 Å². The minimum atomic E-state index is 0.660. The summed E-state index contributed by atoms with van der Waals surface area (Å²) in [6.45, 7) is 2.78. The highest BCUT2D eigenvalue weighted by molar-refractivity contribution is 7.99. The Hall–Kier alpha value is -1.32. The van der Waals surface area contributed by atoms with Gasteiger partial charge < -0.3 is 5.73 Å². The van der Waals surface area contributed by atoms with Gasteiger partial charge >= 0.3 is 0 Å². The summed E-state index contributed by atoms with van der Waals surface area (Å²) in [6, 6.07) is 12.4. The van der Waals surface area contributed by atoms with Gasteiger partial charge in [0.25, 0.3) is 0 Å². The van der Waals surface area contributed by atoms with Gasteiger partial charge in [0.15, 0.2) is 0 Å². The van der Waals surface area contributed by atoms with E-state index in [-0.39, 0.29) is 0 Å². The van der Waals surface area contributed by atoms with Crippen molar-refractivity contribution in [2.45, 2.75) is 23.3 Å². The Morgan fingerprint density at radius 1 is 1.18 bits per heavy atom. The predicted octanol–water partition coefficient (Wildman–Crippen LogP) is 3.04. The van der Waals surface area contributed by atoms with Crippen LogP contribution in [0.4, 0.5) is 0 Å². The van der Waals surface area contributed by atoms with Crippen LogP contribution in [0.2, 0.25) is 0 Å². The fourth-order valence-electron chi connectivity index (χ4n) is 1.64. The van der Waals surface area contributed by atoms with E-state index in [1.807, 2.05) is 12.3 Å². The Balaban J connectivity index is 2.27. The fraction of sp³-hybridized carbons (Fsp3) is 0.214. The van der Waals surface area contributed by atoms with Crippen LogP contribution in [0.15, 0.2) is 52.5 Å². The quantitative estimate of drug-likeness (QED) is 0.898. The number of nitrogens with two attached hydrogens (primary N) is 1. The van der Waals surface area contributed by atoms with E-state index in [4.69, 9.17) is 5.73 Å². The third kappa shape index (κ3) is 3.08. The lowest BCUT2D eigenvalue weighted by Gasteiger charge is -2.08. The predicted molar refractivity (Wildman–Crippen MR) is 72.3 cm³/mol. The van der Waals surface area contributed by atoms with Crippen LogP contribution in [-0.4, -0.2) is 11.5 Å². The van der Waals surface area contributed by atoms with Crippen LogP contribution < -0.4 is 5.73 Å². The summed E-state index contributed by atoms with van der Waals surface area (Å²) in [5.41, 5.74) is 8.12. The molecule has 0 saturated carbocycles. The summed E-state index contributed by atoms with van der Waals surface area (Å²) in [5.74, 6) is 0. The molecule has 2 rings (SSSR count). The molecule has 88 valence electrons. The van der Waals surface area contributed by atoms with Crippen molar-refractivity contribution in [2.24, 2.45) is 5.73 Å². The molecule has 0 aliphatic heterocycles. The van der Waals surface area contributed by atoms with Crippen LogP contribution in [0.25, 0.3) is 0 Å². The molecular formula is C14H16N2S. The molecule has 2 nitrogen and oxygen atoms in total. The first-order chi connectivity index (χ1) is 8.31. The Bertz CT molecular complexity index is 497. The van der Waals surface area contributed by atoms with Crippen molar-refractivity contribution in [3.63, 3.8) is 0 Å². The van der Waals surface area contributed by atoms with E-state index in [0.29, 0.717) is 6.54 Å². The lowest BCUT2D eigenvalue weighted by atomic mass is 10.2. The van der Waals surface area contributed by atoms with E-state index in [1.165, 1.54) is 16.0 Å². The largest absolute Gasteiger partial charge is 0.330 e. The average Bonchev–Trinajstić information content (AvgIpc) is 2.35. The summed E-state index contributed by atoms with van der Waals surface area (Å²) in [7, 11) is 0. The third-order valence-corrected chi connectivity index (χ3v) is 3.80. The number of aromatic nitrogens is 1. The summed E-state index contributed by atoms with van der Waals surface area (Å²) < 4.78 is 0. The van der Waals surface area contributed by atoms with Crippen LogP contribution in [0.1, 0.15) is 11.1 Å². The number of nitrogens with zero attached hydrogens (tertiary/aromatic N) is 1. The number of rotatable bonds is 4. The van der Waals surface area contributed by atoms with E-state index < -0.39 is 0 Å². The van der Waals surface area contributed by atoms with Crippen molar-refractivity contribution in [1.82, 2.24) is 4.98 Å². The fourth-order valence-corrected chi connectivity index (χ4v) is 2.64. The molecule has 2 N–H and O–H groups in total. The van der Waals surface area contributed by atoms with E-state index in [2.05, 4.69) is 42.2 Å². The molecule has 0 aliphatic carbocycles. The normalized spacial score (nSPS) is 10.5. The number of pyridine rings is 1. The van der Waals surface area contributed by atoms with E-state index in [9.17, 15) is 0 Å². The molecule has 0 aliphatic rings. The molecule has 0 unspecified atom stereocenters. The molecule has 1 aromatic carbocycles. The van der Waals surface area contributed by atoms with E-state index in [0.717, 1.165) is 11.4 Å². The molecule has 0 spiro atoms. The summed E-state index contributed by atoms with van der Waals surface area (Å²) in [5, 5.41) is 1.06. The Labute approximate surface area is 106 Å². The number of hydrogen-bond acceptors (Lipinski definition) is 3. The van der Waals surface area contributed by atoms with E-state index >= 15 is 0 Å². The van der Waals surface area contributed by atoms with Gasteiger partial charge in [0.1, 0.15) is 5.03 Å². The Morgan fingerprint density at radius 3 is 2.76 bits per heavy atom. The van der Waals surface area contributed by atoms with Crippen molar-refractivity contribution in [3.05, 3.63) is 53.7 Å². The zero-order valence-electron chi connectivity index (χ0n) is 9.89. The molecule has 0 atom stereocenters. The molecule has 2 aromatic rings. The van der Waals surface area contributed by atoms with Gasteiger partial charge in [-0.2, -0.15) is 0 Å². The van der Waals surface area contributed by atoms with Gasteiger partial charge in [-0.1, -0.05) is 36.0 Å². The van der Waals surface area contributed by atoms with Gasteiger partial charge in [-0.15, -0.1) is 0 Å². The smallest absolute Gasteiger partial charge is 0.104 e. The van der Waals surface area contributed by atoms with Crippen molar-refractivity contribution in [2.75, 3.05) is 6.54 Å². The molecule has 1 heterocycles. The van der Waals surface area contributed by atoms with Gasteiger partial charge in [-0.25, -0.2) is 4.98 Å². The second-order valence-electron chi connectivity index (χ2n) is 3.87. The molecule has 0 amide bonds. The molecule has 3 heteroatoms. The lowest BCUT2D eigenvalue weighted by molar-refractivity contribution is 0.911. The standard InChI is InChI=1S/C14H16N2S/c1-11-5-2-3-7-13(11)17-14-12(8-9-15)6-4-10-16-14/h2-7,10H,8-9,15H2,1H3. The minimum absolute atomic E-state index is 0.660. The molecular weight excluding hydrogens is 228 g/mol. The monoisotopic (exact) mass is 244 g/mol. The first kappa shape index (κ1) is 12.1. The summed E-state index contributed by atoms with van der Waals surface area (Å²) in [6.07, 6.45) is 2.71.